The molecular formula is C26H24ClN5. The van der Waals surface area contributed by atoms with Crippen molar-refractivity contribution in [2.24, 2.45) is 0 Å². The summed E-state index contributed by atoms with van der Waals surface area (Å²) in [5.41, 5.74) is 12.6. The molecule has 0 unspecified atom stereocenters. The highest BCUT2D eigenvalue weighted by atomic mass is 35.5. The van der Waals surface area contributed by atoms with E-state index in [1.807, 2.05) is 79.2 Å². The average molecular weight is 442 g/mol. The number of halogens is 1. The second-order valence-corrected chi connectivity index (χ2v) is 7.21. The van der Waals surface area contributed by atoms with Crippen LogP contribution in [0.3, 0.4) is 0 Å². The summed E-state index contributed by atoms with van der Waals surface area (Å²) in [6, 6.07) is 24.0. The van der Waals surface area contributed by atoms with Crippen LogP contribution in [-0.2, 0) is 5.88 Å². The Morgan fingerprint density at radius 2 is 1.62 bits per heavy atom. The minimum Gasteiger partial charge on any atom is -0.383 e. The third-order valence-electron chi connectivity index (χ3n) is 5.03. The lowest BCUT2D eigenvalue weighted by Crippen LogP contribution is -2.02. The molecule has 6 heteroatoms. The van der Waals surface area contributed by atoms with Gasteiger partial charge in [0, 0.05) is 29.5 Å². The first kappa shape index (κ1) is 21.5. The van der Waals surface area contributed by atoms with E-state index in [1.54, 1.807) is 6.20 Å². The van der Waals surface area contributed by atoms with Gasteiger partial charge < -0.3 is 5.73 Å². The molecule has 0 fully saturated rings. The van der Waals surface area contributed by atoms with Crippen molar-refractivity contribution < 1.29 is 0 Å². The molecule has 5 nitrogen and oxygen atoms in total. The first-order valence-corrected chi connectivity index (χ1v) is 11.1. The number of alkyl halides is 1. The van der Waals surface area contributed by atoms with Crippen molar-refractivity contribution in [1.82, 2.24) is 19.5 Å². The van der Waals surface area contributed by atoms with Gasteiger partial charge in [-0.2, -0.15) is 0 Å². The van der Waals surface area contributed by atoms with Crippen molar-refractivity contribution in [3.05, 3.63) is 90.8 Å². The monoisotopic (exact) mass is 441 g/mol. The maximum absolute atomic E-state index is 6.19. The van der Waals surface area contributed by atoms with Crippen molar-refractivity contribution in [1.29, 1.82) is 0 Å². The molecule has 0 bridgehead atoms. The Kier molecular flexibility index (Phi) is 6.47. The summed E-state index contributed by atoms with van der Waals surface area (Å²) in [7, 11) is 0. The molecule has 0 spiro atoms. The first-order chi connectivity index (χ1) is 15.7. The number of nitrogens with two attached hydrogens (primary N) is 1. The number of aromatic nitrogens is 4. The summed E-state index contributed by atoms with van der Waals surface area (Å²) in [4.78, 5) is 13.9. The molecule has 3 aromatic heterocycles. The number of pyridine rings is 2. The highest BCUT2D eigenvalue weighted by molar-refractivity contribution is 6.17. The Labute approximate surface area is 192 Å². The zero-order valence-corrected chi connectivity index (χ0v) is 18.8. The molecule has 0 radical (unpaired) electrons. The molecule has 0 saturated carbocycles. The fraction of sp³-hybridized carbons (Fsp3) is 0.115. The minimum absolute atomic E-state index is 0.426. The topological polar surface area (TPSA) is 69.6 Å². The lowest BCUT2D eigenvalue weighted by atomic mass is 10.1. The van der Waals surface area contributed by atoms with Gasteiger partial charge >= 0.3 is 0 Å². The van der Waals surface area contributed by atoms with Gasteiger partial charge in [-0.25, -0.2) is 15.0 Å². The van der Waals surface area contributed by atoms with Crippen LogP contribution in [0.4, 0.5) is 5.82 Å². The van der Waals surface area contributed by atoms with Crippen LogP contribution in [-0.4, -0.2) is 19.5 Å². The van der Waals surface area contributed by atoms with E-state index in [9.17, 15) is 0 Å². The molecule has 0 aliphatic carbocycles. The Bertz CT molecular complexity index is 1330. The zero-order valence-electron chi connectivity index (χ0n) is 18.0. The van der Waals surface area contributed by atoms with Gasteiger partial charge in [0.05, 0.1) is 5.56 Å². The average Bonchev–Trinajstić information content (AvgIpc) is 3.24. The molecule has 2 N–H and O–H groups in total. The number of rotatable bonds is 4. The normalized spacial score (nSPS) is 10.6. The summed E-state index contributed by atoms with van der Waals surface area (Å²) < 4.78 is 2.01. The molecule has 5 rings (SSSR count). The van der Waals surface area contributed by atoms with E-state index < -0.39 is 0 Å². The Balaban J connectivity index is 0.00000119. The number of anilines is 1. The molecule has 0 amide bonds. The molecular weight excluding hydrogens is 418 g/mol. The fourth-order valence-electron chi connectivity index (χ4n) is 3.52. The van der Waals surface area contributed by atoms with E-state index in [0.29, 0.717) is 17.5 Å². The number of imidazole rings is 1. The summed E-state index contributed by atoms with van der Waals surface area (Å²) >= 11 is 5.97. The van der Waals surface area contributed by atoms with E-state index in [0.717, 1.165) is 39.1 Å². The van der Waals surface area contributed by atoms with E-state index in [4.69, 9.17) is 27.3 Å². The largest absolute Gasteiger partial charge is 0.383 e. The van der Waals surface area contributed by atoms with Crippen LogP contribution < -0.4 is 5.73 Å². The van der Waals surface area contributed by atoms with E-state index in [-0.39, 0.29) is 0 Å². The number of hydrogen-bond donors (Lipinski definition) is 1. The first-order valence-electron chi connectivity index (χ1n) is 10.5. The molecule has 3 heterocycles. The second-order valence-electron chi connectivity index (χ2n) is 6.94. The second kappa shape index (κ2) is 9.62. The molecule has 0 saturated heterocycles. The van der Waals surface area contributed by atoms with Crippen molar-refractivity contribution in [3.8, 4) is 28.2 Å². The van der Waals surface area contributed by atoms with Gasteiger partial charge in [-0.3, -0.25) is 4.57 Å². The summed E-state index contributed by atoms with van der Waals surface area (Å²) in [5, 5.41) is 0. The van der Waals surface area contributed by atoms with Gasteiger partial charge in [-0.15, -0.1) is 11.6 Å². The molecule has 160 valence electrons. The molecule has 0 aliphatic heterocycles. The third-order valence-corrected chi connectivity index (χ3v) is 5.34. The fourth-order valence-corrected chi connectivity index (χ4v) is 3.70. The molecule has 32 heavy (non-hydrogen) atoms. The number of benzene rings is 2. The van der Waals surface area contributed by atoms with Crippen LogP contribution in [0.15, 0.2) is 85.2 Å². The SMILES string of the molecule is CC.Nc1ncccc1-c1nc2cc(-c3ccccc3)cnc2n1-c1ccc(CCl)cc1. The van der Waals surface area contributed by atoms with Crippen molar-refractivity contribution in [2.45, 2.75) is 19.7 Å². The van der Waals surface area contributed by atoms with Gasteiger partial charge in [-0.1, -0.05) is 56.3 Å². The van der Waals surface area contributed by atoms with Gasteiger partial charge in [0.25, 0.3) is 0 Å². The van der Waals surface area contributed by atoms with Crippen LogP contribution >= 0.6 is 11.6 Å². The van der Waals surface area contributed by atoms with Gasteiger partial charge in [0.1, 0.15) is 11.3 Å². The van der Waals surface area contributed by atoms with Crippen LogP contribution in [0, 0.1) is 0 Å². The van der Waals surface area contributed by atoms with Crippen LogP contribution in [0.2, 0.25) is 0 Å². The maximum Gasteiger partial charge on any atom is 0.164 e. The summed E-state index contributed by atoms with van der Waals surface area (Å²) in [5.74, 6) is 1.59. The molecule has 0 aliphatic rings. The van der Waals surface area contributed by atoms with E-state index in [2.05, 4.69) is 23.2 Å². The third kappa shape index (κ3) is 4.07. The minimum atomic E-state index is 0.426. The smallest absolute Gasteiger partial charge is 0.164 e. The Hall–Kier alpha value is -3.70. The predicted octanol–water partition coefficient (Wildman–Crippen LogP) is 6.50. The highest BCUT2D eigenvalue weighted by Gasteiger charge is 2.18. The van der Waals surface area contributed by atoms with E-state index in [1.165, 1.54) is 0 Å². The quantitative estimate of drug-likeness (QED) is 0.323. The van der Waals surface area contributed by atoms with Crippen LogP contribution in [0.25, 0.3) is 39.4 Å². The lowest BCUT2D eigenvalue weighted by Gasteiger charge is -2.10. The summed E-state index contributed by atoms with van der Waals surface area (Å²) in [6.07, 6.45) is 3.55. The zero-order chi connectivity index (χ0) is 22.5. The maximum atomic E-state index is 6.19. The highest BCUT2D eigenvalue weighted by Crippen LogP contribution is 2.32. The number of nitrogen functional groups attached to an aromatic ring is 1. The Morgan fingerprint density at radius 3 is 2.31 bits per heavy atom. The van der Waals surface area contributed by atoms with E-state index >= 15 is 0 Å². The lowest BCUT2D eigenvalue weighted by molar-refractivity contribution is 1.07. The van der Waals surface area contributed by atoms with Crippen LogP contribution in [0.1, 0.15) is 19.4 Å². The standard InChI is InChI=1S/C24H18ClN5.C2H6/c25-14-16-8-10-19(11-9-16)30-23(20-7-4-12-27-22(20)26)29-21-13-18(15-28-24(21)30)17-5-2-1-3-6-17;1-2/h1-13,15H,14H2,(H2,26,27);1-2H3. The van der Waals surface area contributed by atoms with Crippen molar-refractivity contribution in [3.63, 3.8) is 0 Å². The number of hydrogen-bond acceptors (Lipinski definition) is 4. The molecule has 0 atom stereocenters. The molecule has 2 aromatic carbocycles. The number of fused-ring (bicyclic) bond motifs is 1. The predicted molar refractivity (Wildman–Crippen MR) is 133 cm³/mol. The summed E-state index contributed by atoms with van der Waals surface area (Å²) in [6.45, 7) is 4.00. The molecule has 5 aromatic rings. The van der Waals surface area contributed by atoms with Gasteiger partial charge in [0.15, 0.2) is 11.5 Å². The number of nitrogens with zero attached hydrogens (tertiary/aromatic N) is 4. The van der Waals surface area contributed by atoms with Crippen molar-refractivity contribution >= 4 is 28.6 Å². The van der Waals surface area contributed by atoms with Gasteiger partial charge in [0.2, 0.25) is 0 Å². The van der Waals surface area contributed by atoms with Crippen molar-refractivity contribution in [2.75, 3.05) is 5.73 Å². The van der Waals surface area contributed by atoms with Gasteiger partial charge in [-0.05, 0) is 41.5 Å². The van der Waals surface area contributed by atoms with Crippen LogP contribution in [0.5, 0.6) is 0 Å². The Morgan fingerprint density at radius 1 is 0.875 bits per heavy atom.